The molecule has 0 bridgehead atoms. The maximum atomic E-state index is 15.4. The number of aromatic nitrogens is 4. The van der Waals surface area contributed by atoms with Crippen LogP contribution in [0, 0.1) is 23.5 Å². The maximum Gasteiger partial charge on any atom is 0.173 e. The highest BCUT2D eigenvalue weighted by atomic mass is 19.1. The summed E-state index contributed by atoms with van der Waals surface area (Å²) >= 11 is 0. The first kappa shape index (κ1) is 27.4. The van der Waals surface area contributed by atoms with Crippen LogP contribution in [0.4, 0.5) is 14.5 Å². The van der Waals surface area contributed by atoms with E-state index in [9.17, 15) is 0 Å². The van der Waals surface area contributed by atoms with Gasteiger partial charge in [-0.15, -0.1) is 0 Å². The molecule has 3 aromatic heterocycles. The third-order valence-electron chi connectivity index (χ3n) is 6.55. The van der Waals surface area contributed by atoms with Crippen molar-refractivity contribution >= 4 is 16.6 Å². The zero-order valence-corrected chi connectivity index (χ0v) is 23.0. The Morgan fingerprint density at radius 1 is 0.878 bits per heavy atom. The Morgan fingerprint density at radius 2 is 1.63 bits per heavy atom. The van der Waals surface area contributed by atoms with Crippen LogP contribution in [0.5, 0.6) is 17.2 Å². The van der Waals surface area contributed by atoms with Gasteiger partial charge in [-0.1, -0.05) is 5.92 Å². The Hall–Kier alpha value is -5.17. The monoisotopic (exact) mass is 555 g/mol. The molecule has 0 spiro atoms. The zero-order chi connectivity index (χ0) is 28.9. The van der Waals surface area contributed by atoms with Crippen molar-refractivity contribution in [3.8, 4) is 40.2 Å². The Morgan fingerprint density at radius 3 is 2.32 bits per heavy atom. The van der Waals surface area contributed by atoms with Gasteiger partial charge in [-0.25, -0.2) is 13.8 Å². The number of fused-ring (bicyclic) bond motifs is 1. The highest BCUT2D eigenvalue weighted by Gasteiger charge is 2.22. The van der Waals surface area contributed by atoms with Crippen molar-refractivity contribution in [2.24, 2.45) is 7.05 Å². The van der Waals surface area contributed by atoms with E-state index in [1.54, 1.807) is 47.4 Å². The molecular weight excluding hydrogens is 528 g/mol. The molecule has 2 aromatic carbocycles. The van der Waals surface area contributed by atoms with E-state index < -0.39 is 11.6 Å². The summed E-state index contributed by atoms with van der Waals surface area (Å²) in [7, 11) is 6.03. The molecule has 8 nitrogen and oxygen atoms in total. The number of anilines is 1. The van der Waals surface area contributed by atoms with Crippen molar-refractivity contribution in [2.75, 3.05) is 32.8 Å². The van der Waals surface area contributed by atoms with Crippen molar-refractivity contribution in [1.82, 2.24) is 19.7 Å². The number of pyridine rings is 2. The normalized spacial score (nSPS) is 10.7. The van der Waals surface area contributed by atoms with E-state index >= 15 is 8.78 Å². The lowest BCUT2D eigenvalue weighted by atomic mass is 10.1. The number of ether oxygens (including phenoxy) is 3. The van der Waals surface area contributed by atoms with Gasteiger partial charge in [-0.05, 0) is 42.3 Å². The fourth-order valence-corrected chi connectivity index (χ4v) is 4.42. The summed E-state index contributed by atoms with van der Waals surface area (Å²) in [6.45, 7) is -0.0279. The Labute approximate surface area is 236 Å². The van der Waals surface area contributed by atoms with E-state index in [0.717, 1.165) is 22.0 Å². The molecule has 0 fully saturated rings. The second kappa shape index (κ2) is 11.9. The van der Waals surface area contributed by atoms with E-state index in [1.807, 2.05) is 37.5 Å². The highest BCUT2D eigenvalue weighted by molar-refractivity contribution is 5.86. The number of hydrogen-bond donors (Lipinski definition) is 0. The summed E-state index contributed by atoms with van der Waals surface area (Å²) in [4.78, 5) is 10.6. The van der Waals surface area contributed by atoms with Gasteiger partial charge in [0.05, 0.1) is 51.7 Å². The van der Waals surface area contributed by atoms with Gasteiger partial charge in [-0.3, -0.25) is 9.67 Å². The van der Waals surface area contributed by atoms with Gasteiger partial charge < -0.3 is 19.1 Å². The van der Waals surface area contributed by atoms with Crippen LogP contribution in [0.25, 0.3) is 22.0 Å². The topological polar surface area (TPSA) is 74.5 Å². The molecule has 0 saturated carbocycles. The molecule has 5 rings (SSSR count). The van der Waals surface area contributed by atoms with Crippen LogP contribution in [0.2, 0.25) is 0 Å². The molecule has 0 aliphatic carbocycles. The number of halogens is 2. The van der Waals surface area contributed by atoms with Crippen molar-refractivity contribution in [2.45, 2.75) is 6.54 Å². The van der Waals surface area contributed by atoms with Gasteiger partial charge in [0.2, 0.25) is 0 Å². The first-order valence-electron chi connectivity index (χ1n) is 12.6. The third kappa shape index (κ3) is 5.75. The van der Waals surface area contributed by atoms with Crippen LogP contribution in [0.15, 0.2) is 67.3 Å². The van der Waals surface area contributed by atoms with Crippen LogP contribution >= 0.6 is 0 Å². The van der Waals surface area contributed by atoms with Gasteiger partial charge in [0.1, 0.15) is 0 Å². The van der Waals surface area contributed by atoms with Gasteiger partial charge in [0, 0.05) is 53.9 Å². The molecule has 0 amide bonds. The average molecular weight is 556 g/mol. The number of nitrogens with zero attached hydrogens (tertiary/aromatic N) is 5. The van der Waals surface area contributed by atoms with Gasteiger partial charge in [-0.2, -0.15) is 5.10 Å². The van der Waals surface area contributed by atoms with E-state index in [-0.39, 0.29) is 30.2 Å². The minimum atomic E-state index is -0.809. The highest BCUT2D eigenvalue weighted by Crippen LogP contribution is 2.33. The lowest BCUT2D eigenvalue weighted by Crippen LogP contribution is -2.24. The number of aryl methyl sites for hydroxylation is 1. The number of hydrogen-bond acceptors (Lipinski definition) is 7. The Bertz CT molecular complexity index is 1750. The first-order chi connectivity index (χ1) is 19.9. The molecule has 5 aromatic rings. The molecule has 10 heteroatoms. The minimum Gasteiger partial charge on any atom is -0.494 e. The zero-order valence-electron chi connectivity index (χ0n) is 23.0. The van der Waals surface area contributed by atoms with E-state index in [0.29, 0.717) is 17.1 Å². The molecule has 41 heavy (non-hydrogen) atoms. The van der Waals surface area contributed by atoms with Crippen LogP contribution in [0.1, 0.15) is 11.3 Å². The molecule has 3 heterocycles. The standard InChI is InChI=1S/C31H27F2N5O3/c1-37-18-22(17-36-37)21-13-20-14-23(9-10-25(20)35-16-21)38(12-6-7-26-27(39-2)8-5-11-34-26)19-24-30(32)28(40-3)15-29(41-4)31(24)33/h5,8-11,13-18H,12,19H2,1-4H3. The van der Waals surface area contributed by atoms with Gasteiger partial charge >= 0.3 is 0 Å². The largest absolute Gasteiger partial charge is 0.494 e. The predicted molar refractivity (Wildman–Crippen MR) is 152 cm³/mol. The molecule has 0 saturated heterocycles. The number of methoxy groups -OCH3 is 3. The third-order valence-corrected chi connectivity index (χ3v) is 6.55. The smallest absolute Gasteiger partial charge is 0.173 e. The van der Waals surface area contributed by atoms with Crippen molar-refractivity contribution in [3.05, 3.63) is 90.1 Å². The van der Waals surface area contributed by atoms with Gasteiger partial charge in [0.25, 0.3) is 0 Å². The minimum absolute atomic E-state index is 0.119. The SMILES string of the molecule is COc1cccnc1C#CCN(Cc1c(F)c(OC)cc(OC)c1F)c1ccc2ncc(-c3cnn(C)c3)cc2c1. The average Bonchev–Trinajstić information content (AvgIpc) is 3.44. The second-order valence-electron chi connectivity index (χ2n) is 9.10. The summed E-state index contributed by atoms with van der Waals surface area (Å²) in [6.07, 6.45) is 7.08. The van der Waals surface area contributed by atoms with Gasteiger partial charge in [0.15, 0.2) is 34.6 Å². The van der Waals surface area contributed by atoms with Crippen LogP contribution in [-0.2, 0) is 13.6 Å². The maximum absolute atomic E-state index is 15.4. The second-order valence-corrected chi connectivity index (χ2v) is 9.10. The van der Waals surface area contributed by atoms with E-state index in [1.165, 1.54) is 20.3 Å². The number of rotatable bonds is 8. The lowest BCUT2D eigenvalue weighted by Gasteiger charge is -2.24. The quantitative estimate of drug-likeness (QED) is 0.238. The fourth-order valence-electron chi connectivity index (χ4n) is 4.42. The molecule has 208 valence electrons. The summed E-state index contributed by atoms with van der Waals surface area (Å²) < 4.78 is 48.1. The molecule has 0 N–H and O–H groups in total. The summed E-state index contributed by atoms with van der Waals surface area (Å²) in [5.74, 6) is 4.76. The molecule has 0 unspecified atom stereocenters. The summed E-state index contributed by atoms with van der Waals surface area (Å²) in [6, 6.07) is 12.3. The Kier molecular flexibility index (Phi) is 7.97. The fraction of sp³-hybridized carbons (Fsp3) is 0.194. The predicted octanol–water partition coefficient (Wildman–Crippen LogP) is 5.39. The van der Waals surface area contributed by atoms with E-state index in [2.05, 4.69) is 26.9 Å². The Balaban J connectivity index is 1.58. The van der Waals surface area contributed by atoms with E-state index in [4.69, 9.17) is 14.2 Å². The molecule has 0 radical (unpaired) electrons. The lowest BCUT2D eigenvalue weighted by molar-refractivity contribution is 0.353. The molecule has 0 atom stereocenters. The number of benzene rings is 2. The van der Waals surface area contributed by atoms with Crippen molar-refractivity contribution in [3.63, 3.8) is 0 Å². The van der Waals surface area contributed by atoms with Crippen molar-refractivity contribution < 1.29 is 23.0 Å². The van der Waals surface area contributed by atoms with Crippen LogP contribution in [0.3, 0.4) is 0 Å². The molecule has 0 aliphatic rings. The van der Waals surface area contributed by atoms with Crippen LogP contribution < -0.4 is 19.1 Å². The first-order valence-corrected chi connectivity index (χ1v) is 12.6. The summed E-state index contributed by atoms with van der Waals surface area (Å²) in [5, 5.41) is 5.09. The molecular formula is C31H27F2N5O3. The molecule has 0 aliphatic heterocycles. The van der Waals surface area contributed by atoms with Crippen molar-refractivity contribution in [1.29, 1.82) is 0 Å². The van der Waals surface area contributed by atoms with Crippen LogP contribution in [-0.4, -0.2) is 47.6 Å². The summed E-state index contributed by atoms with van der Waals surface area (Å²) in [5.41, 5.74) is 3.52.